The van der Waals surface area contributed by atoms with E-state index in [0.717, 1.165) is 5.56 Å². The van der Waals surface area contributed by atoms with E-state index in [4.69, 9.17) is 16.1 Å². The third-order valence-electron chi connectivity index (χ3n) is 4.30. The largest absolute Gasteiger partial charge is 0.361 e. The SMILES string of the molecule is CCN(Cc1nc2cc(Cl)ccc2c(=O)[nH]1)C(=O)Cc1c(C)noc1C. The summed E-state index contributed by atoms with van der Waals surface area (Å²) in [5.74, 6) is 0.966. The fourth-order valence-corrected chi connectivity index (χ4v) is 2.98. The number of rotatable bonds is 5. The molecule has 0 unspecified atom stereocenters. The van der Waals surface area contributed by atoms with E-state index in [1.807, 2.05) is 13.8 Å². The van der Waals surface area contributed by atoms with Crippen LogP contribution in [0.5, 0.6) is 0 Å². The van der Waals surface area contributed by atoms with Crippen LogP contribution in [0.1, 0.15) is 29.8 Å². The molecule has 0 spiro atoms. The fraction of sp³-hybridized carbons (Fsp3) is 0.333. The number of carbonyl (C=O) groups is 1. The molecule has 1 aromatic carbocycles. The number of fused-ring (bicyclic) bond motifs is 1. The Kier molecular flexibility index (Phi) is 5.08. The first-order valence-electron chi connectivity index (χ1n) is 8.27. The van der Waals surface area contributed by atoms with Gasteiger partial charge in [-0.15, -0.1) is 0 Å². The molecule has 0 aliphatic heterocycles. The van der Waals surface area contributed by atoms with Gasteiger partial charge in [0, 0.05) is 17.1 Å². The van der Waals surface area contributed by atoms with Gasteiger partial charge < -0.3 is 14.4 Å². The number of aryl methyl sites for hydroxylation is 2. The number of amides is 1. The quantitative estimate of drug-likeness (QED) is 0.741. The van der Waals surface area contributed by atoms with Crippen LogP contribution in [0.3, 0.4) is 0 Å². The van der Waals surface area contributed by atoms with Gasteiger partial charge in [0.05, 0.1) is 29.6 Å². The molecule has 0 fully saturated rings. The number of nitrogens with one attached hydrogen (secondary N) is 1. The molecule has 7 nitrogen and oxygen atoms in total. The maximum absolute atomic E-state index is 12.7. The highest BCUT2D eigenvalue weighted by Crippen LogP contribution is 2.16. The van der Waals surface area contributed by atoms with Crippen LogP contribution in [-0.4, -0.2) is 32.5 Å². The Morgan fingerprint density at radius 3 is 2.77 bits per heavy atom. The van der Waals surface area contributed by atoms with Gasteiger partial charge in [0.2, 0.25) is 5.91 Å². The molecule has 0 bridgehead atoms. The summed E-state index contributed by atoms with van der Waals surface area (Å²) in [4.78, 5) is 33.7. The van der Waals surface area contributed by atoms with E-state index in [9.17, 15) is 9.59 Å². The van der Waals surface area contributed by atoms with Gasteiger partial charge >= 0.3 is 0 Å². The first-order chi connectivity index (χ1) is 12.4. The number of hydrogen-bond donors (Lipinski definition) is 1. The van der Waals surface area contributed by atoms with Crippen LogP contribution in [0.4, 0.5) is 0 Å². The zero-order chi connectivity index (χ0) is 18.8. The maximum atomic E-state index is 12.7. The average Bonchev–Trinajstić information content (AvgIpc) is 2.91. The maximum Gasteiger partial charge on any atom is 0.258 e. The molecule has 0 aliphatic carbocycles. The van der Waals surface area contributed by atoms with Crippen LogP contribution in [0, 0.1) is 13.8 Å². The lowest BCUT2D eigenvalue weighted by molar-refractivity contribution is -0.131. The van der Waals surface area contributed by atoms with E-state index >= 15 is 0 Å². The predicted molar refractivity (Wildman–Crippen MR) is 98.1 cm³/mol. The van der Waals surface area contributed by atoms with Crippen molar-refractivity contribution in [3.63, 3.8) is 0 Å². The standard InChI is InChI=1S/C18H19ClN4O3/c1-4-23(17(24)8-14-10(2)22-26-11(14)3)9-16-20-15-7-12(19)5-6-13(15)18(25)21-16/h5-7H,4,8-9H2,1-3H3,(H,20,21,25). The summed E-state index contributed by atoms with van der Waals surface area (Å²) in [6, 6.07) is 4.91. The first-order valence-corrected chi connectivity index (χ1v) is 8.64. The highest BCUT2D eigenvalue weighted by molar-refractivity contribution is 6.31. The molecule has 1 N–H and O–H groups in total. The normalized spacial score (nSPS) is 11.1. The fourth-order valence-electron chi connectivity index (χ4n) is 2.81. The van der Waals surface area contributed by atoms with Gasteiger partial charge in [-0.1, -0.05) is 16.8 Å². The number of H-pyrrole nitrogens is 1. The lowest BCUT2D eigenvalue weighted by atomic mass is 10.1. The Morgan fingerprint density at radius 2 is 2.12 bits per heavy atom. The zero-order valence-corrected chi connectivity index (χ0v) is 15.6. The van der Waals surface area contributed by atoms with Crippen molar-refractivity contribution >= 4 is 28.4 Å². The number of nitrogens with zero attached hydrogens (tertiary/aromatic N) is 3. The number of likely N-dealkylation sites (N-methyl/N-ethyl adjacent to an activating group) is 1. The number of hydrogen-bond acceptors (Lipinski definition) is 5. The average molecular weight is 375 g/mol. The number of carbonyl (C=O) groups excluding carboxylic acids is 1. The minimum atomic E-state index is -0.254. The van der Waals surface area contributed by atoms with Crippen molar-refractivity contribution in [3.8, 4) is 0 Å². The monoisotopic (exact) mass is 374 g/mol. The second-order valence-corrected chi connectivity index (χ2v) is 6.50. The van der Waals surface area contributed by atoms with Crippen molar-refractivity contribution in [2.75, 3.05) is 6.54 Å². The number of aromatic nitrogens is 3. The molecule has 0 radical (unpaired) electrons. The molecule has 0 saturated carbocycles. The third-order valence-corrected chi connectivity index (χ3v) is 4.54. The Labute approximate surface area is 155 Å². The summed E-state index contributed by atoms with van der Waals surface area (Å²) >= 11 is 5.98. The highest BCUT2D eigenvalue weighted by atomic mass is 35.5. The molecular formula is C18H19ClN4O3. The summed E-state index contributed by atoms with van der Waals surface area (Å²) in [5, 5.41) is 4.84. The van der Waals surface area contributed by atoms with E-state index in [2.05, 4.69) is 15.1 Å². The van der Waals surface area contributed by atoms with Crippen LogP contribution in [0.25, 0.3) is 10.9 Å². The van der Waals surface area contributed by atoms with Crippen LogP contribution in [0.2, 0.25) is 5.02 Å². The highest BCUT2D eigenvalue weighted by Gasteiger charge is 2.19. The van der Waals surface area contributed by atoms with E-state index < -0.39 is 0 Å². The van der Waals surface area contributed by atoms with Crippen molar-refractivity contribution in [1.82, 2.24) is 20.0 Å². The van der Waals surface area contributed by atoms with Crippen molar-refractivity contribution < 1.29 is 9.32 Å². The summed E-state index contributed by atoms with van der Waals surface area (Å²) in [6.07, 6.45) is 0.193. The van der Waals surface area contributed by atoms with E-state index in [1.54, 1.807) is 30.0 Å². The number of halogens is 1. The van der Waals surface area contributed by atoms with Gasteiger partial charge in [-0.25, -0.2) is 4.98 Å². The molecule has 3 aromatic rings. The number of benzene rings is 1. The first kappa shape index (κ1) is 18.1. The summed E-state index contributed by atoms with van der Waals surface area (Å²) < 4.78 is 5.11. The van der Waals surface area contributed by atoms with E-state index in [-0.39, 0.29) is 24.4 Å². The second-order valence-electron chi connectivity index (χ2n) is 6.06. The second kappa shape index (κ2) is 7.29. The van der Waals surface area contributed by atoms with Crippen LogP contribution in [-0.2, 0) is 17.8 Å². The molecule has 26 heavy (non-hydrogen) atoms. The molecule has 0 aliphatic rings. The summed E-state index contributed by atoms with van der Waals surface area (Å²) in [5.41, 5.74) is 1.75. The van der Waals surface area contributed by atoms with Crippen LogP contribution < -0.4 is 5.56 Å². The molecule has 136 valence electrons. The molecule has 3 rings (SSSR count). The van der Waals surface area contributed by atoms with Crippen LogP contribution >= 0.6 is 11.6 Å². The van der Waals surface area contributed by atoms with Crippen molar-refractivity contribution in [2.24, 2.45) is 0 Å². The molecule has 2 aromatic heterocycles. The minimum Gasteiger partial charge on any atom is -0.361 e. The minimum absolute atomic E-state index is 0.0873. The van der Waals surface area contributed by atoms with Gasteiger partial charge in [0.1, 0.15) is 11.6 Å². The van der Waals surface area contributed by atoms with Crippen LogP contribution in [0.15, 0.2) is 27.5 Å². The molecular weight excluding hydrogens is 356 g/mol. The van der Waals surface area contributed by atoms with Gasteiger partial charge in [-0.05, 0) is 39.0 Å². The molecule has 0 saturated heterocycles. The molecule has 8 heteroatoms. The molecule has 1 amide bonds. The van der Waals surface area contributed by atoms with Gasteiger partial charge in [0.15, 0.2) is 0 Å². The Morgan fingerprint density at radius 1 is 1.35 bits per heavy atom. The molecule has 2 heterocycles. The van der Waals surface area contributed by atoms with Gasteiger partial charge in [-0.2, -0.15) is 0 Å². The van der Waals surface area contributed by atoms with E-state index in [0.29, 0.717) is 39.7 Å². The Bertz CT molecular complexity index is 1010. The number of aromatic amines is 1. The summed E-state index contributed by atoms with van der Waals surface area (Å²) in [6.45, 7) is 6.16. The lowest BCUT2D eigenvalue weighted by Gasteiger charge is -2.20. The van der Waals surface area contributed by atoms with Crippen molar-refractivity contribution in [1.29, 1.82) is 0 Å². The van der Waals surface area contributed by atoms with Gasteiger partial charge in [0.25, 0.3) is 5.56 Å². The van der Waals surface area contributed by atoms with Crippen molar-refractivity contribution in [2.45, 2.75) is 33.7 Å². The third kappa shape index (κ3) is 3.62. The summed E-state index contributed by atoms with van der Waals surface area (Å²) in [7, 11) is 0. The Balaban J connectivity index is 1.84. The lowest BCUT2D eigenvalue weighted by Crippen LogP contribution is -2.33. The smallest absolute Gasteiger partial charge is 0.258 e. The van der Waals surface area contributed by atoms with Crippen molar-refractivity contribution in [3.05, 3.63) is 56.4 Å². The topological polar surface area (TPSA) is 92.1 Å². The Hall–Kier alpha value is -2.67. The zero-order valence-electron chi connectivity index (χ0n) is 14.8. The van der Waals surface area contributed by atoms with Gasteiger partial charge in [-0.3, -0.25) is 9.59 Å². The van der Waals surface area contributed by atoms with E-state index in [1.165, 1.54) is 0 Å². The molecule has 0 atom stereocenters. The predicted octanol–water partition coefficient (Wildman–Crippen LogP) is 2.77.